The van der Waals surface area contributed by atoms with E-state index in [4.69, 9.17) is 9.84 Å². The minimum Gasteiger partial charge on any atom is -0.481 e. The van der Waals surface area contributed by atoms with Crippen LogP contribution in [0.2, 0.25) is 0 Å². The van der Waals surface area contributed by atoms with Gasteiger partial charge in [-0.25, -0.2) is 0 Å². The Labute approximate surface area is 138 Å². The number of anilines is 1. The van der Waals surface area contributed by atoms with Gasteiger partial charge in [0.2, 0.25) is 0 Å². The van der Waals surface area contributed by atoms with Crippen LogP contribution in [0.15, 0.2) is 18.2 Å². The maximum atomic E-state index is 12.3. The molecule has 1 atom stereocenters. The van der Waals surface area contributed by atoms with Crippen LogP contribution in [0.5, 0.6) is 5.75 Å². The molecule has 0 spiro atoms. The number of amides is 1. The highest BCUT2D eigenvalue weighted by Gasteiger charge is 2.33. The Morgan fingerprint density at radius 1 is 1.29 bits per heavy atom. The molecule has 2 rings (SSSR count). The number of benzene rings is 1. The zero-order chi connectivity index (χ0) is 17.9. The highest BCUT2D eigenvalue weighted by molar-refractivity contribution is 6.05. The summed E-state index contributed by atoms with van der Waals surface area (Å²) < 4.78 is 10.1. The number of hydrogen-bond donors (Lipinski definition) is 1. The topological polar surface area (TPSA) is 110 Å². The summed E-state index contributed by atoms with van der Waals surface area (Å²) in [4.78, 5) is 47.7. The lowest BCUT2D eigenvalue weighted by Gasteiger charge is -2.32. The number of aliphatic carboxylic acids is 1. The van der Waals surface area contributed by atoms with Crippen molar-refractivity contribution in [3.63, 3.8) is 0 Å². The van der Waals surface area contributed by atoms with Gasteiger partial charge in [0.25, 0.3) is 5.91 Å². The summed E-state index contributed by atoms with van der Waals surface area (Å²) in [7, 11) is 1.21. The third kappa shape index (κ3) is 3.70. The van der Waals surface area contributed by atoms with Crippen molar-refractivity contribution >= 4 is 29.3 Å². The van der Waals surface area contributed by atoms with Crippen LogP contribution in [-0.2, 0) is 19.1 Å². The fourth-order valence-electron chi connectivity index (χ4n) is 2.30. The Kier molecular flexibility index (Phi) is 5.18. The van der Waals surface area contributed by atoms with E-state index in [9.17, 15) is 19.2 Å². The van der Waals surface area contributed by atoms with E-state index in [1.807, 2.05) is 0 Å². The van der Waals surface area contributed by atoms with Crippen molar-refractivity contribution in [2.24, 2.45) is 0 Å². The van der Waals surface area contributed by atoms with Crippen LogP contribution in [0.4, 0.5) is 5.69 Å². The van der Waals surface area contributed by atoms with Crippen LogP contribution >= 0.6 is 0 Å². The van der Waals surface area contributed by atoms with Gasteiger partial charge < -0.3 is 14.6 Å². The van der Waals surface area contributed by atoms with Crippen molar-refractivity contribution in [3.8, 4) is 5.75 Å². The highest BCUT2D eigenvalue weighted by atomic mass is 16.5. The molecule has 0 saturated heterocycles. The Balaban J connectivity index is 2.33. The molecule has 1 unspecified atom stereocenters. The van der Waals surface area contributed by atoms with Crippen molar-refractivity contribution < 1.29 is 33.8 Å². The largest absolute Gasteiger partial charge is 0.481 e. The first-order valence-corrected chi connectivity index (χ1v) is 7.27. The number of carbonyl (C=O) groups excluding carboxylic acids is 3. The van der Waals surface area contributed by atoms with E-state index in [-0.39, 0.29) is 36.4 Å². The quantitative estimate of drug-likeness (QED) is 0.610. The summed E-state index contributed by atoms with van der Waals surface area (Å²) in [5.74, 6) is -2.11. The van der Waals surface area contributed by atoms with E-state index < -0.39 is 23.9 Å². The number of carboxylic acids is 1. The van der Waals surface area contributed by atoms with Crippen molar-refractivity contribution in [2.45, 2.75) is 25.9 Å². The summed E-state index contributed by atoms with van der Waals surface area (Å²) in [5.41, 5.74) is 0.528. The second-order valence-corrected chi connectivity index (χ2v) is 5.26. The second kappa shape index (κ2) is 7.12. The van der Waals surface area contributed by atoms with Crippen molar-refractivity contribution in [2.75, 3.05) is 18.6 Å². The fourth-order valence-corrected chi connectivity index (χ4v) is 2.30. The molecular formula is C16H17NO7. The molecule has 0 aromatic heterocycles. The van der Waals surface area contributed by atoms with Crippen LogP contribution in [-0.4, -0.2) is 48.5 Å². The number of ketones is 1. The molecule has 0 fully saturated rings. The lowest BCUT2D eigenvalue weighted by molar-refractivity contribution is -0.140. The van der Waals surface area contributed by atoms with Crippen molar-refractivity contribution in [3.05, 3.63) is 23.8 Å². The predicted octanol–water partition coefficient (Wildman–Crippen LogP) is 1.02. The van der Waals surface area contributed by atoms with E-state index in [1.54, 1.807) is 6.92 Å². The minimum atomic E-state index is -1.07. The molecular weight excluding hydrogens is 318 g/mol. The van der Waals surface area contributed by atoms with E-state index in [0.717, 1.165) is 0 Å². The number of Topliss-reactive ketones (excluding diaryl/α,β-unsaturated/α-hetero) is 1. The first-order valence-electron chi connectivity index (χ1n) is 7.27. The van der Waals surface area contributed by atoms with Gasteiger partial charge in [-0.1, -0.05) is 0 Å². The van der Waals surface area contributed by atoms with Crippen LogP contribution in [0.1, 0.15) is 30.1 Å². The molecule has 1 N–H and O–H groups in total. The fraction of sp³-hybridized carbons (Fsp3) is 0.375. The zero-order valence-electron chi connectivity index (χ0n) is 13.3. The van der Waals surface area contributed by atoms with Gasteiger partial charge >= 0.3 is 11.9 Å². The highest BCUT2D eigenvalue weighted by Crippen LogP contribution is 2.35. The lowest BCUT2D eigenvalue weighted by Crippen LogP contribution is -2.47. The molecule has 1 aliphatic rings. The molecule has 1 aliphatic heterocycles. The summed E-state index contributed by atoms with van der Waals surface area (Å²) in [6, 6.07) is 4.45. The van der Waals surface area contributed by atoms with Gasteiger partial charge in [0.05, 0.1) is 19.2 Å². The van der Waals surface area contributed by atoms with Gasteiger partial charge in [-0.05, 0) is 25.1 Å². The Bertz CT molecular complexity index is 698. The van der Waals surface area contributed by atoms with Gasteiger partial charge in [0, 0.05) is 12.0 Å². The number of ether oxygens (including phenoxy) is 2. The minimum absolute atomic E-state index is 0.156. The van der Waals surface area contributed by atoms with E-state index in [1.165, 1.54) is 30.2 Å². The number of esters is 1. The average molecular weight is 335 g/mol. The summed E-state index contributed by atoms with van der Waals surface area (Å²) in [5, 5.41) is 8.66. The molecule has 0 radical (unpaired) electrons. The monoisotopic (exact) mass is 335 g/mol. The van der Waals surface area contributed by atoms with Crippen LogP contribution in [0.3, 0.4) is 0 Å². The summed E-state index contributed by atoms with van der Waals surface area (Å²) >= 11 is 0. The first-order chi connectivity index (χ1) is 11.3. The third-order valence-corrected chi connectivity index (χ3v) is 3.57. The number of methoxy groups -OCH3 is 1. The molecule has 1 amide bonds. The maximum absolute atomic E-state index is 12.3. The molecule has 1 heterocycles. The predicted molar refractivity (Wildman–Crippen MR) is 82.1 cm³/mol. The molecule has 0 aliphatic carbocycles. The molecule has 24 heavy (non-hydrogen) atoms. The van der Waals surface area contributed by atoms with Crippen molar-refractivity contribution in [1.82, 2.24) is 0 Å². The number of carbonyl (C=O) groups is 4. The Hall–Kier alpha value is -2.90. The maximum Gasteiger partial charge on any atom is 0.325 e. The summed E-state index contributed by atoms with van der Waals surface area (Å²) in [6.07, 6.45) is -1.21. The number of hydrogen-bond acceptors (Lipinski definition) is 6. The zero-order valence-corrected chi connectivity index (χ0v) is 13.3. The molecule has 8 heteroatoms. The molecule has 128 valence electrons. The molecule has 1 aromatic carbocycles. The van der Waals surface area contributed by atoms with Gasteiger partial charge in [-0.15, -0.1) is 0 Å². The molecule has 8 nitrogen and oxygen atoms in total. The van der Waals surface area contributed by atoms with Crippen molar-refractivity contribution in [1.29, 1.82) is 0 Å². The van der Waals surface area contributed by atoms with E-state index in [0.29, 0.717) is 5.75 Å². The molecule has 1 aromatic rings. The standard InChI is InChI=1S/C16H17NO7/c1-9-16(22)17(8-15(21)23-2)11-7-10(3-5-13(11)24-9)12(18)4-6-14(19)20/h3,5,7,9H,4,6,8H2,1-2H3,(H,19,20). The normalized spacial score (nSPS) is 16.2. The van der Waals surface area contributed by atoms with E-state index >= 15 is 0 Å². The number of nitrogens with zero attached hydrogens (tertiary/aromatic N) is 1. The van der Waals surface area contributed by atoms with Gasteiger partial charge in [-0.2, -0.15) is 0 Å². The van der Waals surface area contributed by atoms with Crippen LogP contribution < -0.4 is 9.64 Å². The average Bonchev–Trinajstić information content (AvgIpc) is 2.56. The smallest absolute Gasteiger partial charge is 0.325 e. The van der Waals surface area contributed by atoms with Gasteiger partial charge in [-0.3, -0.25) is 24.1 Å². The lowest BCUT2D eigenvalue weighted by atomic mass is 10.0. The van der Waals surface area contributed by atoms with Crippen LogP contribution in [0.25, 0.3) is 0 Å². The third-order valence-electron chi connectivity index (χ3n) is 3.57. The summed E-state index contributed by atoms with van der Waals surface area (Å²) in [6.45, 7) is 1.25. The Morgan fingerprint density at radius 3 is 2.62 bits per heavy atom. The number of fused-ring (bicyclic) bond motifs is 1. The Morgan fingerprint density at radius 2 is 2.00 bits per heavy atom. The van der Waals surface area contributed by atoms with Gasteiger partial charge in [0.15, 0.2) is 11.9 Å². The molecule has 0 bridgehead atoms. The van der Waals surface area contributed by atoms with Gasteiger partial charge in [0.1, 0.15) is 12.3 Å². The second-order valence-electron chi connectivity index (χ2n) is 5.26. The van der Waals surface area contributed by atoms with E-state index in [2.05, 4.69) is 4.74 Å². The number of carboxylic acid groups (broad SMARTS) is 1. The first kappa shape index (κ1) is 17.5. The molecule has 0 saturated carbocycles. The van der Waals surface area contributed by atoms with Crippen LogP contribution in [0, 0.1) is 0 Å². The number of rotatable bonds is 6. The SMILES string of the molecule is COC(=O)CN1C(=O)C(C)Oc2ccc(C(=O)CCC(=O)O)cc21.